The molecule has 0 unspecified atom stereocenters. The zero-order chi connectivity index (χ0) is 13.0. The number of carbonyl (C=O) groups is 1. The lowest BCUT2D eigenvalue weighted by Crippen LogP contribution is -2.19. The van der Waals surface area contributed by atoms with Crippen LogP contribution in [-0.2, 0) is 4.79 Å². The normalized spacial score (nSPS) is 11.8. The van der Waals surface area contributed by atoms with Crippen molar-refractivity contribution in [3.63, 3.8) is 0 Å². The molecule has 0 radical (unpaired) electrons. The van der Waals surface area contributed by atoms with Crippen molar-refractivity contribution in [1.82, 2.24) is 5.32 Å². The zero-order valence-electron chi connectivity index (χ0n) is 11.0. The molecule has 0 aromatic rings. The third kappa shape index (κ3) is 9.00. The quantitative estimate of drug-likeness (QED) is 0.720. The molecule has 1 N–H and O–H groups in total. The number of allylic oxidation sites excluding steroid dienone is 6. The van der Waals surface area contributed by atoms with Gasteiger partial charge in [-0.3, -0.25) is 4.79 Å². The van der Waals surface area contributed by atoms with E-state index in [1.54, 1.807) is 12.2 Å². The van der Waals surface area contributed by atoms with Gasteiger partial charge in [0.25, 0.3) is 0 Å². The van der Waals surface area contributed by atoms with Gasteiger partial charge in [0.2, 0.25) is 5.91 Å². The van der Waals surface area contributed by atoms with Gasteiger partial charge in [-0.25, -0.2) is 0 Å². The Kier molecular flexibility index (Phi) is 12.1. The van der Waals surface area contributed by atoms with E-state index in [4.69, 9.17) is 0 Å². The Morgan fingerprint density at radius 2 is 1.75 bits per heavy atom. The van der Waals surface area contributed by atoms with Gasteiger partial charge in [0.15, 0.2) is 0 Å². The molecule has 0 aromatic heterocycles. The summed E-state index contributed by atoms with van der Waals surface area (Å²) in [7, 11) is 0. The first-order valence-electron chi connectivity index (χ1n) is 5.52. The van der Waals surface area contributed by atoms with E-state index in [2.05, 4.69) is 11.9 Å². The highest BCUT2D eigenvalue weighted by molar-refractivity contribution is 5.76. The number of nitrogens with one attached hydrogen (secondary N) is 1. The van der Waals surface area contributed by atoms with Crippen LogP contribution in [0.4, 0.5) is 0 Å². The number of hydrogen-bond donors (Lipinski definition) is 1. The van der Waals surface area contributed by atoms with E-state index in [0.29, 0.717) is 0 Å². The smallest absolute Gasteiger partial charge is 0.221 e. The summed E-state index contributed by atoms with van der Waals surface area (Å²) in [4.78, 5) is 10.9. The third-order valence-corrected chi connectivity index (χ3v) is 1.56. The summed E-state index contributed by atoms with van der Waals surface area (Å²) in [6, 6.07) is 0. The number of carbonyl (C=O) groups excluding carboxylic acids is 1. The van der Waals surface area contributed by atoms with Crippen molar-refractivity contribution < 1.29 is 4.79 Å². The van der Waals surface area contributed by atoms with Crippen molar-refractivity contribution in [3.05, 3.63) is 48.2 Å². The topological polar surface area (TPSA) is 29.1 Å². The van der Waals surface area contributed by atoms with Gasteiger partial charge < -0.3 is 5.32 Å². The van der Waals surface area contributed by atoms with Gasteiger partial charge in [-0.15, -0.1) is 0 Å². The molecule has 0 atom stereocenters. The molecule has 0 aliphatic carbocycles. The average molecular weight is 221 g/mol. The van der Waals surface area contributed by atoms with Crippen LogP contribution in [0.2, 0.25) is 0 Å². The van der Waals surface area contributed by atoms with Gasteiger partial charge in [0.1, 0.15) is 0 Å². The predicted octanol–water partition coefficient (Wildman–Crippen LogP) is 3.74. The molecule has 16 heavy (non-hydrogen) atoms. The monoisotopic (exact) mass is 221 g/mol. The highest BCUT2D eigenvalue weighted by Gasteiger charge is 1.99. The van der Waals surface area contributed by atoms with Crippen LogP contribution >= 0.6 is 0 Å². The molecule has 0 heterocycles. The highest BCUT2D eigenvalue weighted by Crippen LogP contribution is 2.06. The number of rotatable bonds is 4. The minimum Gasteiger partial charge on any atom is -0.326 e. The minimum absolute atomic E-state index is 0.0775. The van der Waals surface area contributed by atoms with Crippen LogP contribution in [-0.4, -0.2) is 5.91 Å². The second kappa shape index (κ2) is 11.5. The molecule has 1 amide bonds. The van der Waals surface area contributed by atoms with Crippen molar-refractivity contribution in [2.24, 2.45) is 0 Å². The van der Waals surface area contributed by atoms with Crippen molar-refractivity contribution in [2.45, 2.75) is 34.6 Å². The largest absolute Gasteiger partial charge is 0.326 e. The standard InChI is InChI=1S/C12H17NO.C2H6/c1-5-7-9-10(3)12(8-6-2)13-11(4)14;1-2/h5-9H,2H2,1,3-4H3,(H,13,14);1-2H3/b7-5-,10-9-,12-8+;. The van der Waals surface area contributed by atoms with E-state index in [0.717, 1.165) is 11.3 Å². The van der Waals surface area contributed by atoms with Crippen molar-refractivity contribution >= 4 is 5.91 Å². The first-order valence-corrected chi connectivity index (χ1v) is 5.52. The van der Waals surface area contributed by atoms with Gasteiger partial charge in [0, 0.05) is 12.6 Å². The molecule has 0 saturated heterocycles. The maximum Gasteiger partial charge on any atom is 0.221 e. The van der Waals surface area contributed by atoms with Gasteiger partial charge in [-0.05, 0) is 25.5 Å². The molecule has 0 rings (SSSR count). The summed E-state index contributed by atoms with van der Waals surface area (Å²) in [5.74, 6) is -0.0775. The number of hydrogen-bond acceptors (Lipinski definition) is 1. The summed E-state index contributed by atoms with van der Waals surface area (Å²) < 4.78 is 0. The Hall–Kier alpha value is -1.57. The van der Waals surface area contributed by atoms with E-state index in [1.807, 2.05) is 45.9 Å². The van der Waals surface area contributed by atoms with E-state index < -0.39 is 0 Å². The fraction of sp³-hybridized carbons (Fsp3) is 0.357. The van der Waals surface area contributed by atoms with Gasteiger partial charge in [-0.1, -0.05) is 44.7 Å². The fourth-order valence-electron chi connectivity index (χ4n) is 0.910. The summed E-state index contributed by atoms with van der Waals surface area (Å²) in [6.07, 6.45) is 9.22. The minimum atomic E-state index is -0.0775. The molecular formula is C14H23NO. The fourth-order valence-corrected chi connectivity index (χ4v) is 0.910. The summed E-state index contributed by atoms with van der Waals surface area (Å²) in [5, 5.41) is 2.74. The molecule has 90 valence electrons. The molecule has 0 bridgehead atoms. The van der Waals surface area contributed by atoms with Crippen molar-refractivity contribution in [3.8, 4) is 0 Å². The van der Waals surface area contributed by atoms with E-state index in [9.17, 15) is 4.79 Å². The van der Waals surface area contributed by atoms with E-state index in [1.165, 1.54) is 6.92 Å². The molecule has 0 aliphatic heterocycles. The maximum atomic E-state index is 10.9. The van der Waals surface area contributed by atoms with Crippen LogP contribution in [0.25, 0.3) is 0 Å². The summed E-state index contributed by atoms with van der Waals surface area (Å²) in [5.41, 5.74) is 1.78. The van der Waals surface area contributed by atoms with Crippen LogP contribution < -0.4 is 5.32 Å². The lowest BCUT2D eigenvalue weighted by atomic mass is 10.2. The molecular weight excluding hydrogens is 198 g/mol. The van der Waals surface area contributed by atoms with Gasteiger partial charge >= 0.3 is 0 Å². The van der Waals surface area contributed by atoms with Crippen LogP contribution in [0.15, 0.2) is 48.2 Å². The second-order valence-electron chi connectivity index (χ2n) is 2.87. The molecule has 2 heteroatoms. The Morgan fingerprint density at radius 1 is 1.19 bits per heavy atom. The molecule has 0 fully saturated rings. The molecule has 0 saturated carbocycles. The van der Waals surface area contributed by atoms with Crippen LogP contribution in [0, 0.1) is 0 Å². The highest BCUT2D eigenvalue weighted by atomic mass is 16.1. The summed E-state index contributed by atoms with van der Waals surface area (Å²) >= 11 is 0. The SMILES string of the molecule is C=C\C=C(NC(C)=O)/C(C)=C\C=C/C.CC. The average Bonchev–Trinajstić information content (AvgIpc) is 2.27. The molecule has 0 aliphatic rings. The molecule has 2 nitrogen and oxygen atoms in total. The van der Waals surface area contributed by atoms with Crippen molar-refractivity contribution in [2.75, 3.05) is 0 Å². The summed E-state index contributed by atoms with van der Waals surface area (Å²) in [6.45, 7) is 13.0. The lowest BCUT2D eigenvalue weighted by Gasteiger charge is -2.06. The third-order valence-electron chi connectivity index (χ3n) is 1.56. The number of amides is 1. The van der Waals surface area contributed by atoms with Gasteiger partial charge in [0.05, 0.1) is 0 Å². The van der Waals surface area contributed by atoms with Crippen LogP contribution in [0.5, 0.6) is 0 Å². The Balaban J connectivity index is 0. The molecule has 0 spiro atoms. The first kappa shape index (κ1) is 16.8. The van der Waals surface area contributed by atoms with Crippen molar-refractivity contribution in [1.29, 1.82) is 0 Å². The Morgan fingerprint density at radius 3 is 2.12 bits per heavy atom. The predicted molar refractivity (Wildman–Crippen MR) is 72.0 cm³/mol. The first-order chi connectivity index (χ1) is 7.61. The Labute approximate surface area is 99.4 Å². The maximum absolute atomic E-state index is 10.9. The van der Waals surface area contributed by atoms with Gasteiger partial charge in [-0.2, -0.15) is 0 Å². The van der Waals surface area contributed by atoms with Crippen LogP contribution in [0.1, 0.15) is 34.6 Å². The molecule has 0 aromatic carbocycles. The Bertz CT molecular complexity index is 296. The van der Waals surface area contributed by atoms with Crippen LogP contribution in [0.3, 0.4) is 0 Å². The zero-order valence-corrected chi connectivity index (χ0v) is 11.0. The van der Waals surface area contributed by atoms with E-state index in [-0.39, 0.29) is 5.91 Å². The van der Waals surface area contributed by atoms with E-state index >= 15 is 0 Å². The lowest BCUT2D eigenvalue weighted by molar-refractivity contribution is -0.118. The second-order valence-corrected chi connectivity index (χ2v) is 2.87.